The Hall–Kier alpha value is -3.16. The van der Waals surface area contributed by atoms with E-state index in [9.17, 15) is 14.7 Å². The van der Waals surface area contributed by atoms with E-state index in [4.69, 9.17) is 0 Å². The largest absolute Gasteiger partial charge is 0.480 e. The molecule has 112 valence electrons. The number of aromatic nitrogens is 4. The van der Waals surface area contributed by atoms with Gasteiger partial charge in [0.2, 0.25) is 0 Å². The van der Waals surface area contributed by atoms with Gasteiger partial charge in [0.05, 0.1) is 23.7 Å². The highest BCUT2D eigenvalue weighted by Gasteiger charge is 2.22. The minimum Gasteiger partial charge on any atom is -0.480 e. The number of carboxylic acid groups (broad SMARTS) is 1. The first-order valence-corrected chi connectivity index (χ1v) is 6.57. The summed E-state index contributed by atoms with van der Waals surface area (Å²) < 4.78 is 0. The fourth-order valence-corrected chi connectivity index (χ4v) is 2.13. The van der Waals surface area contributed by atoms with E-state index < -0.39 is 17.9 Å². The molecule has 0 aliphatic heterocycles. The van der Waals surface area contributed by atoms with Crippen molar-refractivity contribution in [3.05, 3.63) is 48.3 Å². The van der Waals surface area contributed by atoms with Gasteiger partial charge in [0.25, 0.3) is 5.91 Å². The Labute approximate surface area is 124 Å². The summed E-state index contributed by atoms with van der Waals surface area (Å²) in [5.74, 6) is -1.56. The zero-order valence-corrected chi connectivity index (χ0v) is 11.4. The molecule has 1 unspecified atom stereocenters. The Morgan fingerprint density at radius 1 is 1.27 bits per heavy atom. The van der Waals surface area contributed by atoms with Gasteiger partial charge in [-0.1, -0.05) is 0 Å². The Balaban J connectivity index is 1.76. The van der Waals surface area contributed by atoms with Crippen LogP contribution in [-0.2, 0) is 11.2 Å². The SMILES string of the molecule is O=C(NC(Cc1cnc[nH]1)C(=O)O)c1ccc2nc[nH]c2c1. The van der Waals surface area contributed by atoms with Crippen LogP contribution < -0.4 is 5.32 Å². The normalized spacial score (nSPS) is 12.2. The van der Waals surface area contributed by atoms with Crippen LogP contribution in [0.5, 0.6) is 0 Å². The van der Waals surface area contributed by atoms with Gasteiger partial charge in [0.1, 0.15) is 6.04 Å². The molecule has 0 saturated heterocycles. The Morgan fingerprint density at radius 2 is 2.14 bits per heavy atom. The van der Waals surface area contributed by atoms with Crippen LogP contribution in [0.4, 0.5) is 0 Å². The van der Waals surface area contributed by atoms with E-state index in [0.29, 0.717) is 16.8 Å². The lowest BCUT2D eigenvalue weighted by molar-refractivity contribution is -0.139. The fourth-order valence-electron chi connectivity index (χ4n) is 2.13. The van der Waals surface area contributed by atoms with Crippen molar-refractivity contribution in [1.82, 2.24) is 25.3 Å². The van der Waals surface area contributed by atoms with Gasteiger partial charge in [0, 0.05) is 23.9 Å². The fraction of sp³-hybridized carbons (Fsp3) is 0.143. The van der Waals surface area contributed by atoms with Crippen molar-refractivity contribution in [1.29, 1.82) is 0 Å². The van der Waals surface area contributed by atoms with Crippen molar-refractivity contribution in [3.63, 3.8) is 0 Å². The average Bonchev–Trinajstić information content (AvgIpc) is 3.16. The number of benzene rings is 1. The maximum absolute atomic E-state index is 12.2. The van der Waals surface area contributed by atoms with Crippen molar-refractivity contribution in [2.45, 2.75) is 12.5 Å². The molecule has 0 fully saturated rings. The number of hydrogen-bond acceptors (Lipinski definition) is 4. The molecule has 1 amide bonds. The maximum Gasteiger partial charge on any atom is 0.326 e. The first-order chi connectivity index (χ1) is 10.6. The number of fused-ring (bicyclic) bond motifs is 1. The number of amides is 1. The quantitative estimate of drug-likeness (QED) is 0.552. The lowest BCUT2D eigenvalue weighted by Gasteiger charge is -2.13. The molecule has 8 nitrogen and oxygen atoms in total. The van der Waals surface area contributed by atoms with Gasteiger partial charge in [-0.2, -0.15) is 0 Å². The number of aliphatic carboxylic acids is 1. The lowest BCUT2D eigenvalue weighted by Crippen LogP contribution is -2.42. The van der Waals surface area contributed by atoms with Gasteiger partial charge in [0.15, 0.2) is 0 Å². The third-order valence-electron chi connectivity index (χ3n) is 3.26. The van der Waals surface area contributed by atoms with Crippen molar-refractivity contribution < 1.29 is 14.7 Å². The minimum atomic E-state index is -1.11. The summed E-state index contributed by atoms with van der Waals surface area (Å²) in [6, 6.07) is 3.90. The summed E-state index contributed by atoms with van der Waals surface area (Å²) in [7, 11) is 0. The van der Waals surface area contributed by atoms with E-state index in [1.807, 2.05) is 0 Å². The molecular formula is C14H13N5O3. The molecule has 0 radical (unpaired) electrons. The molecule has 0 bridgehead atoms. The molecule has 3 rings (SSSR count). The number of nitrogens with one attached hydrogen (secondary N) is 3. The Kier molecular flexibility index (Phi) is 3.57. The van der Waals surface area contributed by atoms with Gasteiger partial charge in [-0.25, -0.2) is 14.8 Å². The molecular weight excluding hydrogens is 286 g/mol. The summed E-state index contributed by atoms with van der Waals surface area (Å²) in [6.45, 7) is 0. The zero-order chi connectivity index (χ0) is 15.5. The Bertz CT molecular complexity index is 809. The van der Waals surface area contributed by atoms with E-state index in [1.165, 1.54) is 18.9 Å². The molecule has 3 aromatic rings. The summed E-state index contributed by atoms with van der Waals surface area (Å²) >= 11 is 0. The monoisotopic (exact) mass is 299 g/mol. The van der Waals surface area contributed by atoms with Gasteiger partial charge >= 0.3 is 5.97 Å². The number of carboxylic acids is 1. The van der Waals surface area contributed by atoms with Crippen LogP contribution in [0.25, 0.3) is 11.0 Å². The number of aromatic amines is 2. The molecule has 1 atom stereocenters. The molecule has 8 heteroatoms. The molecule has 0 saturated carbocycles. The summed E-state index contributed by atoms with van der Waals surface area (Å²) in [5, 5.41) is 11.7. The maximum atomic E-state index is 12.2. The third kappa shape index (κ3) is 2.80. The first kappa shape index (κ1) is 13.8. The number of H-pyrrole nitrogens is 2. The molecule has 0 aliphatic carbocycles. The van der Waals surface area contributed by atoms with Crippen molar-refractivity contribution in [3.8, 4) is 0 Å². The van der Waals surface area contributed by atoms with E-state index in [0.717, 1.165) is 5.52 Å². The highest BCUT2D eigenvalue weighted by Crippen LogP contribution is 2.12. The Morgan fingerprint density at radius 3 is 2.86 bits per heavy atom. The summed E-state index contributed by atoms with van der Waals surface area (Å²) in [6.07, 6.45) is 4.65. The molecule has 0 aliphatic rings. The number of hydrogen-bond donors (Lipinski definition) is 4. The van der Waals surface area contributed by atoms with Crippen LogP contribution in [0.3, 0.4) is 0 Å². The van der Waals surface area contributed by atoms with Crippen LogP contribution in [-0.4, -0.2) is 43.0 Å². The molecule has 1 aromatic carbocycles. The van der Waals surface area contributed by atoms with Gasteiger partial charge in [-0.05, 0) is 18.2 Å². The highest BCUT2D eigenvalue weighted by atomic mass is 16.4. The second-order valence-electron chi connectivity index (χ2n) is 4.78. The van der Waals surface area contributed by atoms with Crippen molar-refractivity contribution in [2.75, 3.05) is 0 Å². The van der Waals surface area contributed by atoms with Crippen molar-refractivity contribution >= 4 is 22.9 Å². The van der Waals surface area contributed by atoms with Crippen LogP contribution in [0.2, 0.25) is 0 Å². The second kappa shape index (κ2) is 5.68. The van der Waals surface area contributed by atoms with E-state index >= 15 is 0 Å². The molecule has 0 spiro atoms. The first-order valence-electron chi connectivity index (χ1n) is 6.57. The standard InChI is InChI=1S/C14H13N5O3/c20-13(8-1-2-10-11(3-8)18-7-17-10)19-12(14(21)22)4-9-5-15-6-16-9/h1-3,5-7,12H,4H2,(H,15,16)(H,17,18)(H,19,20)(H,21,22). The number of imidazole rings is 2. The van der Waals surface area contributed by atoms with E-state index in [1.54, 1.807) is 18.2 Å². The number of nitrogens with zero attached hydrogens (tertiary/aromatic N) is 2. The second-order valence-corrected chi connectivity index (χ2v) is 4.78. The summed E-state index contributed by atoms with van der Waals surface area (Å²) in [4.78, 5) is 37.1. The van der Waals surface area contributed by atoms with Crippen LogP contribution >= 0.6 is 0 Å². The number of carbonyl (C=O) groups is 2. The lowest BCUT2D eigenvalue weighted by atomic mass is 10.1. The summed E-state index contributed by atoms with van der Waals surface area (Å²) in [5.41, 5.74) is 2.46. The average molecular weight is 299 g/mol. The minimum absolute atomic E-state index is 0.132. The third-order valence-corrected chi connectivity index (χ3v) is 3.26. The van der Waals surface area contributed by atoms with Gasteiger partial charge in [-0.3, -0.25) is 4.79 Å². The zero-order valence-electron chi connectivity index (χ0n) is 11.4. The highest BCUT2D eigenvalue weighted by molar-refractivity contribution is 5.99. The predicted octanol–water partition coefficient (Wildman–Crippen LogP) is 0.712. The number of carbonyl (C=O) groups excluding carboxylic acids is 1. The topological polar surface area (TPSA) is 124 Å². The predicted molar refractivity (Wildman–Crippen MR) is 77.3 cm³/mol. The van der Waals surface area contributed by atoms with Gasteiger partial charge in [-0.15, -0.1) is 0 Å². The van der Waals surface area contributed by atoms with Crippen LogP contribution in [0, 0.1) is 0 Å². The van der Waals surface area contributed by atoms with Crippen LogP contribution in [0.15, 0.2) is 37.1 Å². The van der Waals surface area contributed by atoms with Gasteiger partial charge < -0.3 is 20.4 Å². The van der Waals surface area contributed by atoms with Crippen molar-refractivity contribution in [2.24, 2.45) is 0 Å². The van der Waals surface area contributed by atoms with Crippen LogP contribution in [0.1, 0.15) is 16.1 Å². The molecule has 22 heavy (non-hydrogen) atoms. The van der Waals surface area contributed by atoms with E-state index in [-0.39, 0.29) is 6.42 Å². The smallest absolute Gasteiger partial charge is 0.326 e. The van der Waals surface area contributed by atoms with E-state index in [2.05, 4.69) is 25.3 Å². The number of rotatable bonds is 5. The molecule has 4 N–H and O–H groups in total. The molecule has 2 heterocycles. The molecule has 2 aromatic heterocycles.